The van der Waals surface area contributed by atoms with Gasteiger partial charge in [-0.3, -0.25) is 18.9 Å². The van der Waals surface area contributed by atoms with E-state index in [0.717, 1.165) is 57.4 Å². The van der Waals surface area contributed by atoms with Gasteiger partial charge in [0.05, 0.1) is 0 Å². The molecule has 2 atom stereocenters. The SMILES string of the molecule is NC(=O)c1ccc2ccc(C(F)(F)P(=O)(O)O)cc2c1.O=C1CCCCCC2CCCN12.O=CN1CCC(c2ccccc2)C1. The molecule has 0 aromatic heterocycles. The Hall–Kier alpha value is -3.66. The van der Waals surface area contributed by atoms with Crippen LogP contribution in [0.25, 0.3) is 10.8 Å². The number of amides is 3. The Morgan fingerprint density at radius 1 is 0.911 bits per heavy atom. The number of nitrogens with zero attached hydrogens (tertiary/aromatic N) is 2. The van der Waals surface area contributed by atoms with Gasteiger partial charge in [-0.15, -0.1) is 0 Å². The Morgan fingerprint density at radius 2 is 1.62 bits per heavy atom. The molecule has 2 unspecified atom stereocenters. The van der Waals surface area contributed by atoms with Gasteiger partial charge >= 0.3 is 13.3 Å². The summed E-state index contributed by atoms with van der Waals surface area (Å²) in [5.74, 6) is 0.239. The zero-order chi connectivity index (χ0) is 32.6. The van der Waals surface area contributed by atoms with E-state index >= 15 is 0 Å². The molecule has 0 spiro atoms. The van der Waals surface area contributed by atoms with Gasteiger partial charge in [0.1, 0.15) is 0 Å². The molecule has 242 valence electrons. The Kier molecular flexibility index (Phi) is 11.5. The van der Waals surface area contributed by atoms with Crippen LogP contribution in [0.1, 0.15) is 78.8 Å². The van der Waals surface area contributed by atoms with Gasteiger partial charge < -0.3 is 25.3 Å². The van der Waals surface area contributed by atoms with E-state index < -0.39 is 24.7 Å². The molecule has 0 aliphatic carbocycles. The van der Waals surface area contributed by atoms with Crippen molar-refractivity contribution >= 4 is 36.6 Å². The van der Waals surface area contributed by atoms with E-state index in [1.807, 2.05) is 11.0 Å². The van der Waals surface area contributed by atoms with Gasteiger partial charge in [0.15, 0.2) is 0 Å². The van der Waals surface area contributed by atoms with Gasteiger partial charge in [0, 0.05) is 49.1 Å². The van der Waals surface area contributed by atoms with Gasteiger partial charge in [-0.05, 0) is 66.6 Å². The third kappa shape index (κ3) is 8.75. The van der Waals surface area contributed by atoms with Crippen LogP contribution in [-0.2, 0) is 19.8 Å². The van der Waals surface area contributed by atoms with Crippen LogP contribution in [0.4, 0.5) is 8.78 Å². The fourth-order valence-electron chi connectivity index (χ4n) is 6.08. The summed E-state index contributed by atoms with van der Waals surface area (Å²) in [5, 5.41) is 0.784. The summed E-state index contributed by atoms with van der Waals surface area (Å²) in [4.78, 5) is 54.5. The van der Waals surface area contributed by atoms with Crippen molar-refractivity contribution < 1.29 is 37.5 Å². The van der Waals surface area contributed by atoms with Crippen LogP contribution in [-0.4, -0.2) is 63.5 Å². The predicted molar refractivity (Wildman–Crippen MR) is 168 cm³/mol. The smallest absolute Gasteiger partial charge is 0.366 e. The highest BCUT2D eigenvalue weighted by atomic mass is 31.2. The highest BCUT2D eigenvalue weighted by Crippen LogP contribution is 2.59. The molecule has 0 bridgehead atoms. The molecule has 6 rings (SSSR count). The van der Waals surface area contributed by atoms with Crippen molar-refractivity contribution in [3.63, 3.8) is 0 Å². The second-order valence-corrected chi connectivity index (χ2v) is 13.4. The number of nitrogens with two attached hydrogens (primary N) is 1. The summed E-state index contributed by atoms with van der Waals surface area (Å²) in [5.41, 5.74) is 1.45. The Labute approximate surface area is 261 Å². The normalized spacial score (nSPS) is 20.2. The van der Waals surface area contributed by atoms with E-state index in [0.29, 0.717) is 23.3 Å². The quantitative estimate of drug-likeness (QED) is 0.239. The van der Waals surface area contributed by atoms with Gasteiger partial charge in [0.2, 0.25) is 18.2 Å². The van der Waals surface area contributed by atoms with E-state index in [1.165, 1.54) is 61.9 Å². The lowest BCUT2D eigenvalue weighted by atomic mass is 9.99. The Morgan fingerprint density at radius 3 is 2.29 bits per heavy atom. The highest BCUT2D eigenvalue weighted by Gasteiger charge is 2.50. The second kappa shape index (κ2) is 15.1. The number of carbonyl (C=O) groups is 3. The van der Waals surface area contributed by atoms with Crippen molar-refractivity contribution in [2.45, 2.75) is 69.0 Å². The van der Waals surface area contributed by atoms with E-state index in [1.54, 1.807) is 0 Å². The number of hydrogen-bond acceptors (Lipinski definition) is 4. The van der Waals surface area contributed by atoms with Gasteiger partial charge in [0.25, 0.3) is 0 Å². The molecule has 12 heteroatoms. The van der Waals surface area contributed by atoms with Gasteiger partial charge in [-0.1, -0.05) is 61.4 Å². The summed E-state index contributed by atoms with van der Waals surface area (Å²) < 4.78 is 38.0. The molecular formula is C33H40F2N3O6P. The number of alkyl halides is 2. The number of rotatable bonds is 5. The monoisotopic (exact) mass is 643 g/mol. The third-order valence-corrected chi connectivity index (χ3v) is 9.59. The van der Waals surface area contributed by atoms with E-state index in [-0.39, 0.29) is 10.9 Å². The third-order valence-electron chi connectivity index (χ3n) is 8.60. The minimum atomic E-state index is -5.62. The molecule has 3 fully saturated rings. The van der Waals surface area contributed by atoms with E-state index in [2.05, 4.69) is 29.2 Å². The van der Waals surface area contributed by atoms with Crippen LogP contribution in [0.5, 0.6) is 0 Å². The van der Waals surface area contributed by atoms with Crippen molar-refractivity contribution in [1.82, 2.24) is 9.80 Å². The molecule has 3 amide bonds. The first-order chi connectivity index (χ1) is 21.4. The maximum atomic E-state index is 13.6. The van der Waals surface area contributed by atoms with Gasteiger partial charge in [-0.25, -0.2) is 0 Å². The summed E-state index contributed by atoms with van der Waals surface area (Å²) >= 11 is 0. The standard InChI is InChI=1S/C12H10F2NO4P.C11H13NO.C10H17NO/c13-12(14,20(17,18)19)10-4-3-7-1-2-8(11(15)16)5-9(7)6-10;13-9-12-7-6-11(8-12)10-4-2-1-3-5-10;12-10-7-3-1-2-5-9-6-4-8-11(9)10/h1-6H,(H2,15,16)(H2,17,18,19);1-5,9,11H,6-8H2;9H,1-8H2. The first-order valence-electron chi connectivity index (χ1n) is 15.2. The van der Waals surface area contributed by atoms with Crippen molar-refractivity contribution in [1.29, 1.82) is 0 Å². The minimum Gasteiger partial charge on any atom is -0.366 e. The highest BCUT2D eigenvalue weighted by molar-refractivity contribution is 7.52. The largest absolute Gasteiger partial charge is 0.399 e. The average Bonchev–Trinajstić information content (AvgIpc) is 3.70. The van der Waals surface area contributed by atoms with Gasteiger partial charge in [-0.2, -0.15) is 8.78 Å². The lowest BCUT2D eigenvalue weighted by Gasteiger charge is -2.26. The predicted octanol–water partition coefficient (Wildman–Crippen LogP) is 5.74. The molecule has 3 saturated heterocycles. The maximum absolute atomic E-state index is 13.6. The first-order valence-corrected chi connectivity index (χ1v) is 16.8. The van der Waals surface area contributed by atoms with Crippen LogP contribution in [0.15, 0.2) is 66.7 Å². The fraction of sp³-hybridized carbons (Fsp3) is 0.424. The van der Waals surface area contributed by atoms with Crippen LogP contribution in [0.3, 0.4) is 0 Å². The number of primary amides is 1. The molecule has 3 aromatic rings. The molecule has 3 heterocycles. The summed E-state index contributed by atoms with van der Waals surface area (Å²) in [6, 6.07) is 18.4. The molecular weight excluding hydrogens is 603 g/mol. The molecule has 4 N–H and O–H groups in total. The zero-order valence-electron chi connectivity index (χ0n) is 25.1. The van der Waals surface area contributed by atoms with Crippen molar-refractivity contribution in [2.24, 2.45) is 5.73 Å². The summed E-state index contributed by atoms with van der Waals surface area (Å²) in [6.07, 6.45) is 10.3. The topological polar surface area (TPSA) is 141 Å². The molecule has 3 aliphatic rings. The van der Waals surface area contributed by atoms with Crippen LogP contribution < -0.4 is 5.73 Å². The number of carbonyl (C=O) groups excluding carboxylic acids is 3. The average molecular weight is 644 g/mol. The molecule has 3 aliphatic heterocycles. The van der Waals surface area contributed by atoms with Crippen LogP contribution in [0.2, 0.25) is 0 Å². The zero-order valence-corrected chi connectivity index (χ0v) is 26.0. The number of benzene rings is 3. The number of likely N-dealkylation sites (tertiary alicyclic amines) is 1. The molecule has 0 radical (unpaired) electrons. The summed E-state index contributed by atoms with van der Waals surface area (Å²) in [6.45, 7) is 2.82. The molecule has 9 nitrogen and oxygen atoms in total. The van der Waals surface area contributed by atoms with E-state index in [9.17, 15) is 27.7 Å². The maximum Gasteiger partial charge on any atom is 0.399 e. The van der Waals surface area contributed by atoms with Crippen molar-refractivity contribution in [2.75, 3.05) is 19.6 Å². The van der Waals surface area contributed by atoms with Crippen LogP contribution >= 0.6 is 7.60 Å². The van der Waals surface area contributed by atoms with Crippen LogP contribution in [0, 0.1) is 0 Å². The fourth-order valence-corrected chi connectivity index (χ4v) is 6.55. The lowest BCUT2D eigenvalue weighted by molar-refractivity contribution is -0.132. The molecule has 3 aromatic carbocycles. The number of halogens is 2. The van der Waals surface area contributed by atoms with E-state index in [4.69, 9.17) is 15.5 Å². The Balaban J connectivity index is 0.000000160. The second-order valence-electron chi connectivity index (χ2n) is 11.7. The number of hydrogen-bond donors (Lipinski definition) is 3. The van der Waals surface area contributed by atoms with Crippen molar-refractivity contribution in [3.8, 4) is 0 Å². The number of fused-ring (bicyclic) bond motifs is 2. The Bertz CT molecular complexity index is 1530. The first kappa shape index (κ1) is 34.2. The van der Waals surface area contributed by atoms with Crippen molar-refractivity contribution in [3.05, 3.63) is 83.4 Å². The molecule has 0 saturated carbocycles. The minimum absolute atomic E-state index is 0.120. The summed E-state index contributed by atoms with van der Waals surface area (Å²) in [7, 11) is -5.62. The molecule has 45 heavy (non-hydrogen) atoms. The lowest BCUT2D eigenvalue weighted by Crippen LogP contribution is -2.36.